The molecule has 0 unspecified atom stereocenters. The quantitative estimate of drug-likeness (QED) is 0.638. The van der Waals surface area contributed by atoms with E-state index in [4.69, 9.17) is 9.84 Å². The van der Waals surface area contributed by atoms with Gasteiger partial charge in [0.2, 0.25) is 10.0 Å². The van der Waals surface area contributed by atoms with Crippen molar-refractivity contribution >= 4 is 19.9 Å². The molecular formula is C14H21NO7S2. The predicted octanol–water partition coefficient (Wildman–Crippen LogP) is -0.774. The minimum absolute atomic E-state index is 0.0299. The summed E-state index contributed by atoms with van der Waals surface area (Å²) < 4.78 is 55.1. The molecule has 2 atom stereocenters. The van der Waals surface area contributed by atoms with Crippen molar-refractivity contribution in [2.75, 3.05) is 31.8 Å². The first kappa shape index (κ1) is 19.1. The lowest BCUT2D eigenvalue weighted by Gasteiger charge is -2.29. The minimum Gasteiger partial charge on any atom is -0.497 e. The van der Waals surface area contributed by atoms with Gasteiger partial charge in [-0.1, -0.05) is 0 Å². The molecule has 0 saturated carbocycles. The lowest BCUT2D eigenvalue weighted by Crippen LogP contribution is -2.46. The molecule has 1 heterocycles. The summed E-state index contributed by atoms with van der Waals surface area (Å²) in [4.78, 5) is -0.0299. The Morgan fingerprint density at radius 3 is 2.42 bits per heavy atom. The third-order valence-corrected chi connectivity index (χ3v) is 7.57. The van der Waals surface area contributed by atoms with Gasteiger partial charge in [-0.25, -0.2) is 16.8 Å². The van der Waals surface area contributed by atoms with Gasteiger partial charge in [0.25, 0.3) is 0 Å². The first-order valence-electron chi connectivity index (χ1n) is 7.35. The van der Waals surface area contributed by atoms with Crippen molar-refractivity contribution in [2.45, 2.75) is 23.5 Å². The summed E-state index contributed by atoms with van der Waals surface area (Å²) in [6.45, 7) is -0.987. The maximum absolute atomic E-state index is 12.9. The van der Waals surface area contributed by atoms with Gasteiger partial charge >= 0.3 is 0 Å². The second kappa shape index (κ2) is 7.36. The second-order valence-electron chi connectivity index (χ2n) is 5.64. The molecule has 0 bridgehead atoms. The van der Waals surface area contributed by atoms with E-state index in [1.807, 2.05) is 0 Å². The zero-order chi connectivity index (χ0) is 18.0. The fourth-order valence-electron chi connectivity index (χ4n) is 2.59. The van der Waals surface area contributed by atoms with Crippen LogP contribution >= 0.6 is 0 Å². The van der Waals surface area contributed by atoms with Crippen molar-refractivity contribution in [3.05, 3.63) is 24.3 Å². The molecule has 0 spiro atoms. The molecule has 0 radical (unpaired) electrons. The Morgan fingerprint density at radius 1 is 1.33 bits per heavy atom. The molecule has 1 aromatic carbocycles. The van der Waals surface area contributed by atoms with Crippen LogP contribution in [0.1, 0.15) is 6.42 Å². The zero-order valence-corrected chi connectivity index (χ0v) is 14.8. The maximum atomic E-state index is 12.9. The van der Waals surface area contributed by atoms with Gasteiger partial charge in [0.15, 0.2) is 9.84 Å². The lowest BCUT2D eigenvalue weighted by atomic mass is 10.2. The van der Waals surface area contributed by atoms with Crippen molar-refractivity contribution in [3.8, 4) is 5.75 Å². The maximum Gasteiger partial charge on any atom is 0.243 e. The normalized spacial score (nSPS) is 21.8. The first-order valence-corrected chi connectivity index (χ1v) is 10.6. The minimum atomic E-state index is -4.02. The van der Waals surface area contributed by atoms with Crippen LogP contribution in [0.2, 0.25) is 0 Å². The molecule has 1 fully saturated rings. The van der Waals surface area contributed by atoms with E-state index in [9.17, 15) is 21.9 Å². The Kier molecular flexibility index (Phi) is 5.87. The Morgan fingerprint density at radius 2 is 1.96 bits per heavy atom. The molecule has 1 saturated heterocycles. The fourth-order valence-corrected chi connectivity index (χ4v) is 6.11. The van der Waals surface area contributed by atoms with Gasteiger partial charge in [-0.15, -0.1) is 0 Å². The molecule has 10 heteroatoms. The molecule has 24 heavy (non-hydrogen) atoms. The van der Waals surface area contributed by atoms with Gasteiger partial charge in [0, 0.05) is 12.6 Å². The number of aliphatic hydroxyl groups is 2. The smallest absolute Gasteiger partial charge is 0.243 e. The van der Waals surface area contributed by atoms with Gasteiger partial charge in [0.1, 0.15) is 5.75 Å². The highest BCUT2D eigenvalue weighted by atomic mass is 32.2. The highest BCUT2D eigenvalue weighted by molar-refractivity contribution is 7.92. The van der Waals surface area contributed by atoms with E-state index in [1.165, 1.54) is 31.4 Å². The molecule has 0 aromatic heterocycles. The van der Waals surface area contributed by atoms with Crippen molar-refractivity contribution in [3.63, 3.8) is 0 Å². The van der Waals surface area contributed by atoms with Gasteiger partial charge in [0.05, 0.1) is 36.2 Å². The lowest BCUT2D eigenvalue weighted by molar-refractivity contribution is 0.0730. The number of hydrogen-bond donors (Lipinski definition) is 2. The van der Waals surface area contributed by atoms with Crippen LogP contribution < -0.4 is 4.74 Å². The summed E-state index contributed by atoms with van der Waals surface area (Å²) in [5.74, 6) is 0.0986. The summed E-state index contributed by atoms with van der Waals surface area (Å²) in [5, 5.41) is 18.7. The third kappa shape index (κ3) is 4.25. The molecule has 2 N–H and O–H groups in total. The molecule has 2 rings (SSSR count). The number of hydrogen-bond acceptors (Lipinski definition) is 7. The standard InChI is InChI=1S/C14H21NO7S2/c1-22-13-2-4-14(5-3-13)24(20,21)15(8-12(17)9-16)11-6-7-23(18,19)10-11/h2-5,11-12,16-17H,6-10H2,1H3/t11-,12+/m0/s1. The topological polar surface area (TPSA) is 121 Å². The van der Waals surface area contributed by atoms with E-state index < -0.39 is 38.6 Å². The highest BCUT2D eigenvalue weighted by Gasteiger charge is 2.39. The van der Waals surface area contributed by atoms with Crippen LogP contribution in [-0.2, 0) is 19.9 Å². The van der Waals surface area contributed by atoms with Crippen molar-refractivity contribution in [1.29, 1.82) is 0 Å². The first-order chi connectivity index (χ1) is 11.2. The van der Waals surface area contributed by atoms with Crippen LogP contribution in [0.25, 0.3) is 0 Å². The number of nitrogens with zero attached hydrogens (tertiary/aromatic N) is 1. The summed E-state index contributed by atoms with van der Waals surface area (Å²) >= 11 is 0. The number of rotatable bonds is 7. The van der Waals surface area contributed by atoms with Gasteiger partial charge in [-0.2, -0.15) is 4.31 Å². The van der Waals surface area contributed by atoms with E-state index >= 15 is 0 Å². The van der Waals surface area contributed by atoms with Crippen LogP contribution in [0, 0.1) is 0 Å². The van der Waals surface area contributed by atoms with Crippen LogP contribution in [0.15, 0.2) is 29.2 Å². The summed E-state index contributed by atoms with van der Waals surface area (Å²) in [5.41, 5.74) is 0. The van der Waals surface area contributed by atoms with Crippen LogP contribution in [0.4, 0.5) is 0 Å². The zero-order valence-electron chi connectivity index (χ0n) is 13.2. The third-order valence-electron chi connectivity index (χ3n) is 3.88. The summed E-state index contributed by atoms with van der Waals surface area (Å²) in [6, 6.07) is 4.92. The van der Waals surface area contributed by atoms with Crippen LogP contribution in [0.5, 0.6) is 5.75 Å². The predicted molar refractivity (Wildman–Crippen MR) is 87.0 cm³/mol. The number of benzene rings is 1. The van der Waals surface area contributed by atoms with Gasteiger partial charge < -0.3 is 14.9 Å². The molecule has 0 aliphatic carbocycles. The van der Waals surface area contributed by atoms with E-state index in [1.54, 1.807) is 0 Å². The molecular weight excluding hydrogens is 358 g/mol. The SMILES string of the molecule is COc1ccc(S(=O)(=O)N(C[C@@H](O)CO)[C@H]2CCS(=O)(=O)C2)cc1. The number of sulfone groups is 1. The van der Waals surface area contributed by atoms with Crippen LogP contribution in [-0.4, -0.2) is 75.3 Å². The summed E-state index contributed by atoms with van der Waals surface area (Å²) in [7, 11) is -5.87. The van der Waals surface area contributed by atoms with Gasteiger partial charge in [-0.3, -0.25) is 0 Å². The molecule has 0 amide bonds. The van der Waals surface area contributed by atoms with E-state index in [-0.39, 0.29) is 29.4 Å². The average Bonchev–Trinajstić information content (AvgIpc) is 2.91. The number of methoxy groups -OCH3 is 1. The monoisotopic (exact) mass is 379 g/mol. The summed E-state index contributed by atoms with van der Waals surface area (Å²) in [6.07, 6.45) is -1.13. The molecule has 8 nitrogen and oxygen atoms in total. The highest BCUT2D eigenvalue weighted by Crippen LogP contribution is 2.26. The number of ether oxygens (including phenoxy) is 1. The number of sulfonamides is 1. The van der Waals surface area contributed by atoms with Crippen LogP contribution in [0.3, 0.4) is 0 Å². The van der Waals surface area contributed by atoms with Crippen molar-refractivity contribution in [2.24, 2.45) is 0 Å². The van der Waals surface area contributed by atoms with E-state index in [2.05, 4.69) is 0 Å². The Bertz CT molecular complexity index is 759. The molecule has 1 aromatic rings. The second-order valence-corrected chi connectivity index (χ2v) is 9.76. The molecule has 1 aliphatic rings. The van der Waals surface area contributed by atoms with Gasteiger partial charge in [-0.05, 0) is 30.7 Å². The Balaban J connectivity index is 2.36. The van der Waals surface area contributed by atoms with Crippen molar-refractivity contribution in [1.82, 2.24) is 4.31 Å². The fraction of sp³-hybridized carbons (Fsp3) is 0.571. The Labute approximate surface area is 141 Å². The average molecular weight is 379 g/mol. The molecule has 136 valence electrons. The number of aliphatic hydroxyl groups excluding tert-OH is 2. The van der Waals surface area contributed by atoms with Crippen molar-refractivity contribution < 1.29 is 31.8 Å². The van der Waals surface area contributed by atoms with E-state index in [0.29, 0.717) is 5.75 Å². The Hall–Kier alpha value is -1.20. The van der Waals surface area contributed by atoms with E-state index in [0.717, 1.165) is 4.31 Å². The molecule has 1 aliphatic heterocycles. The largest absolute Gasteiger partial charge is 0.497 e.